The number of carbonyl (C=O) groups excluding carboxylic acids is 1. The average molecular weight is 271 g/mol. The Morgan fingerprint density at radius 3 is 3.10 bits per heavy atom. The number of hydrogen-bond acceptors (Lipinski definition) is 2. The highest BCUT2D eigenvalue weighted by atomic mass is 19.1. The van der Waals surface area contributed by atoms with E-state index in [-0.39, 0.29) is 11.5 Å². The Hall–Kier alpha value is -2.63. The molecule has 0 saturated heterocycles. The lowest BCUT2D eigenvalue weighted by Gasteiger charge is -2.01. The fourth-order valence-electron chi connectivity index (χ4n) is 2.15. The molecule has 0 fully saturated rings. The van der Waals surface area contributed by atoms with Crippen LogP contribution in [-0.2, 0) is 13.0 Å². The fraction of sp³-hybridized carbons (Fsp3) is 0.143. The normalized spacial score (nSPS) is 11.1. The number of nitrogens with one attached hydrogen (secondary N) is 1. The molecule has 0 unspecified atom stereocenters. The predicted molar refractivity (Wildman–Crippen MR) is 71.5 cm³/mol. The van der Waals surface area contributed by atoms with Crippen LogP contribution in [0.15, 0.2) is 30.6 Å². The summed E-state index contributed by atoms with van der Waals surface area (Å²) >= 11 is 0. The maximum Gasteiger partial charge on any atom is 0.269 e. The molecule has 0 saturated carbocycles. The van der Waals surface area contributed by atoms with Crippen molar-refractivity contribution < 1.29 is 9.18 Å². The third-order valence-electron chi connectivity index (χ3n) is 3.15. The molecule has 6 heteroatoms. The second-order valence-electron chi connectivity index (χ2n) is 4.50. The summed E-state index contributed by atoms with van der Waals surface area (Å²) in [6, 6.07) is 7.33. The van der Waals surface area contributed by atoms with E-state index >= 15 is 0 Å². The van der Waals surface area contributed by atoms with Crippen molar-refractivity contribution in [1.29, 1.82) is 0 Å². The molecule has 1 amide bonds. The number of hydrogen-bond donors (Lipinski definition) is 2. The Kier molecular flexibility index (Phi) is 2.98. The molecule has 20 heavy (non-hydrogen) atoms. The second kappa shape index (κ2) is 4.80. The van der Waals surface area contributed by atoms with Crippen molar-refractivity contribution in [1.82, 2.24) is 14.8 Å². The first-order valence-electron chi connectivity index (χ1n) is 6.14. The standard InChI is InChI=1S/C14H12FN4O/c15-10-1-2-12-11(7-10)9(8-17-12)3-5-19-6-4-13(18-19)14(16)20/h1-2,6-8,17H,3,5H2,(H2,16,20). The first-order chi connectivity index (χ1) is 9.63. The number of nitrogens with zero attached hydrogens (tertiary/aromatic N) is 2. The Bertz CT molecular complexity index is 774. The van der Waals surface area contributed by atoms with Crippen molar-refractivity contribution in [3.05, 3.63) is 53.7 Å². The number of rotatable bonds is 4. The highest BCUT2D eigenvalue weighted by Crippen LogP contribution is 2.20. The second-order valence-corrected chi connectivity index (χ2v) is 4.50. The van der Waals surface area contributed by atoms with E-state index in [0.717, 1.165) is 16.5 Å². The molecule has 0 atom stereocenters. The number of carbonyl (C=O) groups is 1. The number of fused-ring (bicyclic) bond motifs is 1. The molecule has 0 aliphatic carbocycles. The summed E-state index contributed by atoms with van der Waals surface area (Å²) in [5.74, 6) is -0.861. The van der Waals surface area contributed by atoms with Crippen LogP contribution in [0.1, 0.15) is 16.1 Å². The Morgan fingerprint density at radius 2 is 2.35 bits per heavy atom. The van der Waals surface area contributed by atoms with Gasteiger partial charge >= 0.3 is 0 Å². The number of H-pyrrole nitrogens is 1. The molecule has 0 aliphatic heterocycles. The molecule has 0 bridgehead atoms. The summed E-state index contributed by atoms with van der Waals surface area (Å²) < 4.78 is 14.9. The van der Waals surface area contributed by atoms with Crippen molar-refractivity contribution in [2.75, 3.05) is 0 Å². The van der Waals surface area contributed by atoms with Gasteiger partial charge in [-0.3, -0.25) is 9.48 Å². The number of amides is 1. The highest BCUT2D eigenvalue weighted by Gasteiger charge is 2.07. The molecule has 3 rings (SSSR count). The van der Waals surface area contributed by atoms with E-state index in [1.165, 1.54) is 12.1 Å². The minimum Gasteiger partial charge on any atom is -0.364 e. The van der Waals surface area contributed by atoms with Crippen LogP contribution in [-0.4, -0.2) is 20.7 Å². The van der Waals surface area contributed by atoms with E-state index in [1.807, 2.05) is 6.20 Å². The van der Waals surface area contributed by atoms with Gasteiger partial charge in [0.15, 0.2) is 5.69 Å². The van der Waals surface area contributed by atoms with Crippen LogP contribution in [0.25, 0.3) is 10.9 Å². The number of benzene rings is 1. The van der Waals surface area contributed by atoms with Crippen LogP contribution in [0.3, 0.4) is 0 Å². The van der Waals surface area contributed by atoms with Crippen molar-refractivity contribution in [2.24, 2.45) is 5.73 Å². The minimum absolute atomic E-state index is 0.120. The molecule has 1 radical (unpaired) electrons. The van der Waals surface area contributed by atoms with Gasteiger partial charge in [-0.1, -0.05) is 0 Å². The van der Waals surface area contributed by atoms with E-state index in [9.17, 15) is 9.18 Å². The third kappa shape index (κ3) is 2.27. The molecule has 5 nitrogen and oxygen atoms in total. The van der Waals surface area contributed by atoms with E-state index < -0.39 is 5.91 Å². The maximum absolute atomic E-state index is 13.3. The van der Waals surface area contributed by atoms with E-state index in [1.54, 1.807) is 16.9 Å². The number of aromatic amines is 1. The van der Waals surface area contributed by atoms with Gasteiger partial charge in [0, 0.05) is 35.9 Å². The van der Waals surface area contributed by atoms with Crippen LogP contribution in [0.5, 0.6) is 0 Å². The lowest BCUT2D eigenvalue weighted by molar-refractivity contribution is 0.0994. The summed E-state index contributed by atoms with van der Waals surface area (Å²) in [7, 11) is 0. The van der Waals surface area contributed by atoms with Gasteiger partial charge in [0.05, 0.1) is 0 Å². The first-order valence-corrected chi connectivity index (χ1v) is 6.14. The van der Waals surface area contributed by atoms with Gasteiger partial charge in [0.1, 0.15) is 5.82 Å². The van der Waals surface area contributed by atoms with Crippen LogP contribution < -0.4 is 5.73 Å². The lowest BCUT2D eigenvalue weighted by Crippen LogP contribution is -2.13. The average Bonchev–Trinajstić information content (AvgIpc) is 3.02. The first kappa shape index (κ1) is 12.4. The number of halogens is 1. The zero-order chi connectivity index (χ0) is 14.1. The van der Waals surface area contributed by atoms with E-state index in [4.69, 9.17) is 5.73 Å². The summed E-state index contributed by atoms with van der Waals surface area (Å²) in [4.78, 5) is 14.0. The minimum atomic E-state index is -0.599. The van der Waals surface area contributed by atoms with Crippen LogP contribution >= 0.6 is 0 Å². The molecule has 0 aliphatic rings. The molecule has 101 valence electrons. The molecular weight excluding hydrogens is 259 g/mol. The molecule has 3 N–H and O–H groups in total. The van der Waals surface area contributed by atoms with Gasteiger partial charge in [-0.25, -0.2) is 4.39 Å². The van der Waals surface area contributed by atoms with Crippen molar-refractivity contribution >= 4 is 16.8 Å². The van der Waals surface area contributed by atoms with Gasteiger partial charge in [0.25, 0.3) is 5.91 Å². The fourth-order valence-corrected chi connectivity index (χ4v) is 2.15. The van der Waals surface area contributed by atoms with Gasteiger partial charge < -0.3 is 10.7 Å². The smallest absolute Gasteiger partial charge is 0.269 e. The number of nitrogens with two attached hydrogens (primary N) is 1. The number of aromatic nitrogens is 3. The monoisotopic (exact) mass is 271 g/mol. The zero-order valence-electron chi connectivity index (χ0n) is 10.6. The van der Waals surface area contributed by atoms with E-state index in [0.29, 0.717) is 13.0 Å². The van der Waals surface area contributed by atoms with Crippen LogP contribution in [0.2, 0.25) is 0 Å². The molecule has 0 spiro atoms. The van der Waals surface area contributed by atoms with Gasteiger partial charge in [-0.05, 0) is 30.2 Å². The summed E-state index contributed by atoms with van der Waals surface area (Å²) in [6.45, 7) is 0.563. The zero-order valence-corrected chi connectivity index (χ0v) is 10.6. The van der Waals surface area contributed by atoms with Crippen LogP contribution in [0, 0.1) is 11.9 Å². The predicted octanol–water partition coefficient (Wildman–Crippen LogP) is 1.65. The molecule has 3 aromatic rings. The molecular formula is C14H12FN4O. The van der Waals surface area contributed by atoms with Gasteiger partial charge in [-0.15, -0.1) is 0 Å². The summed E-state index contributed by atoms with van der Waals surface area (Å²) in [5, 5.41) is 4.87. The Morgan fingerprint density at radius 1 is 1.50 bits per heavy atom. The Labute approximate surface area is 114 Å². The maximum atomic E-state index is 13.3. The summed E-state index contributed by atoms with van der Waals surface area (Å²) in [5.41, 5.74) is 7.13. The topological polar surface area (TPSA) is 76.7 Å². The van der Waals surface area contributed by atoms with Gasteiger partial charge in [-0.2, -0.15) is 5.10 Å². The van der Waals surface area contributed by atoms with E-state index in [2.05, 4.69) is 16.1 Å². The van der Waals surface area contributed by atoms with Crippen molar-refractivity contribution in [2.45, 2.75) is 13.0 Å². The van der Waals surface area contributed by atoms with Crippen molar-refractivity contribution in [3.63, 3.8) is 0 Å². The molecule has 1 aromatic carbocycles. The number of aryl methyl sites for hydroxylation is 2. The van der Waals surface area contributed by atoms with Gasteiger partial charge in [0.2, 0.25) is 0 Å². The van der Waals surface area contributed by atoms with Crippen molar-refractivity contribution in [3.8, 4) is 0 Å². The quantitative estimate of drug-likeness (QED) is 0.757. The SMILES string of the molecule is NC(=O)c1[c]cn(CCc2c[nH]c3ccc(F)cc23)n1. The molecule has 2 heterocycles. The highest BCUT2D eigenvalue weighted by molar-refractivity contribution is 5.90. The third-order valence-corrected chi connectivity index (χ3v) is 3.15. The van der Waals surface area contributed by atoms with Crippen LogP contribution in [0.4, 0.5) is 4.39 Å². The molecule has 2 aromatic heterocycles. The number of primary amides is 1. The largest absolute Gasteiger partial charge is 0.364 e. The lowest BCUT2D eigenvalue weighted by atomic mass is 10.1. The summed E-state index contributed by atoms with van der Waals surface area (Å²) in [6.07, 6.45) is 4.10. The Balaban J connectivity index is 1.79.